The second-order valence-electron chi connectivity index (χ2n) is 2.29. The maximum absolute atomic E-state index is 10.9. The van der Waals surface area contributed by atoms with Crippen LogP contribution in [0.25, 0.3) is 0 Å². The monoisotopic (exact) mass is 178 g/mol. The molecular formula is C11H14O2. The molecule has 0 heterocycles. The van der Waals surface area contributed by atoms with E-state index >= 15 is 0 Å². The molecule has 0 saturated heterocycles. The zero-order chi connectivity index (χ0) is 10.1. The van der Waals surface area contributed by atoms with Gasteiger partial charge in [0.25, 0.3) is 0 Å². The van der Waals surface area contributed by atoms with Crippen molar-refractivity contribution in [3.63, 3.8) is 0 Å². The van der Waals surface area contributed by atoms with Gasteiger partial charge in [-0.05, 0) is 12.5 Å². The van der Waals surface area contributed by atoms with E-state index in [0.717, 1.165) is 5.57 Å². The molecule has 0 aliphatic heterocycles. The van der Waals surface area contributed by atoms with E-state index in [1.54, 1.807) is 31.2 Å². The lowest BCUT2D eigenvalue weighted by Gasteiger charge is -2.01. The van der Waals surface area contributed by atoms with Gasteiger partial charge in [-0.2, -0.15) is 0 Å². The molecule has 2 nitrogen and oxygen atoms in total. The third-order valence-corrected chi connectivity index (χ3v) is 1.28. The summed E-state index contributed by atoms with van der Waals surface area (Å²) in [6.07, 6.45) is 8.00. The fourth-order valence-corrected chi connectivity index (χ4v) is 0.665. The molecule has 0 unspecified atom stereocenters. The molecule has 0 aromatic carbocycles. The van der Waals surface area contributed by atoms with E-state index in [0.29, 0.717) is 0 Å². The van der Waals surface area contributed by atoms with Crippen molar-refractivity contribution in [3.8, 4) is 0 Å². The fourth-order valence-electron chi connectivity index (χ4n) is 0.665. The van der Waals surface area contributed by atoms with E-state index in [1.165, 1.54) is 6.08 Å². The third-order valence-electron chi connectivity index (χ3n) is 1.28. The van der Waals surface area contributed by atoms with Crippen LogP contribution in [0.15, 0.2) is 49.1 Å². The van der Waals surface area contributed by atoms with Gasteiger partial charge in [0.1, 0.15) is 6.61 Å². The van der Waals surface area contributed by atoms with Crippen LogP contribution in [0, 0.1) is 0 Å². The zero-order valence-corrected chi connectivity index (χ0v) is 7.82. The smallest absolute Gasteiger partial charge is 0.330 e. The Bertz CT molecular complexity index is 247. The number of rotatable bonds is 5. The normalized spacial score (nSPS) is 11.3. The first-order chi connectivity index (χ1) is 6.24. The standard InChI is InChI=1S/C11H14O2/c1-4-7-10(6-3)9-13-11(12)8-5-2/h4-8H,1,3,9H2,2H3/b8-5+,10-7+. The second-order valence-corrected chi connectivity index (χ2v) is 2.29. The number of hydrogen-bond donors (Lipinski definition) is 0. The average molecular weight is 178 g/mol. The number of ether oxygens (including phenoxy) is 1. The Morgan fingerprint density at radius 3 is 2.62 bits per heavy atom. The predicted molar refractivity (Wildman–Crippen MR) is 54.3 cm³/mol. The minimum Gasteiger partial charge on any atom is -0.458 e. The number of carbonyl (C=O) groups excluding carboxylic acids is 1. The van der Waals surface area contributed by atoms with E-state index in [9.17, 15) is 4.79 Å². The van der Waals surface area contributed by atoms with E-state index in [1.807, 2.05) is 0 Å². The summed E-state index contributed by atoms with van der Waals surface area (Å²) in [6.45, 7) is 9.11. The molecule has 0 radical (unpaired) electrons. The minimum atomic E-state index is -0.348. The van der Waals surface area contributed by atoms with Gasteiger partial charge in [0.15, 0.2) is 0 Å². The molecule has 0 fully saturated rings. The lowest BCUT2D eigenvalue weighted by atomic mass is 10.2. The summed E-state index contributed by atoms with van der Waals surface area (Å²) in [5.74, 6) is -0.348. The number of hydrogen-bond acceptors (Lipinski definition) is 2. The molecule has 0 bridgehead atoms. The Hall–Kier alpha value is -1.57. The summed E-state index contributed by atoms with van der Waals surface area (Å²) >= 11 is 0. The van der Waals surface area contributed by atoms with E-state index in [4.69, 9.17) is 4.74 Å². The van der Waals surface area contributed by atoms with E-state index in [2.05, 4.69) is 13.2 Å². The van der Waals surface area contributed by atoms with Gasteiger partial charge in [-0.3, -0.25) is 0 Å². The molecule has 0 saturated carbocycles. The van der Waals surface area contributed by atoms with Crippen LogP contribution in [0.3, 0.4) is 0 Å². The Morgan fingerprint density at radius 2 is 2.15 bits per heavy atom. The highest BCUT2D eigenvalue weighted by atomic mass is 16.5. The summed E-state index contributed by atoms with van der Waals surface area (Å²) in [7, 11) is 0. The first-order valence-electron chi connectivity index (χ1n) is 3.98. The summed E-state index contributed by atoms with van der Waals surface area (Å²) in [5, 5.41) is 0. The highest BCUT2D eigenvalue weighted by molar-refractivity contribution is 5.81. The number of allylic oxidation sites excluding steroid dienone is 3. The van der Waals surface area contributed by atoms with Crippen molar-refractivity contribution in [2.45, 2.75) is 6.92 Å². The van der Waals surface area contributed by atoms with E-state index in [-0.39, 0.29) is 12.6 Å². The Balaban J connectivity index is 3.99. The maximum atomic E-state index is 10.9. The van der Waals surface area contributed by atoms with Crippen LogP contribution in [0.4, 0.5) is 0 Å². The molecule has 2 heteroatoms. The molecule has 0 aromatic rings. The highest BCUT2D eigenvalue weighted by Gasteiger charge is 1.96. The van der Waals surface area contributed by atoms with Crippen LogP contribution in [0.1, 0.15) is 6.92 Å². The first-order valence-corrected chi connectivity index (χ1v) is 3.98. The quantitative estimate of drug-likeness (QED) is 0.367. The number of esters is 1. The van der Waals surface area contributed by atoms with Crippen molar-refractivity contribution in [2.75, 3.05) is 6.61 Å². The van der Waals surface area contributed by atoms with Crippen LogP contribution < -0.4 is 0 Å². The largest absolute Gasteiger partial charge is 0.458 e. The lowest BCUT2D eigenvalue weighted by Crippen LogP contribution is -2.03. The van der Waals surface area contributed by atoms with Crippen molar-refractivity contribution in [2.24, 2.45) is 0 Å². The number of carbonyl (C=O) groups is 1. The predicted octanol–water partition coefficient (Wildman–Crippen LogP) is 2.40. The molecule has 70 valence electrons. The molecule has 0 atom stereocenters. The van der Waals surface area contributed by atoms with Gasteiger partial charge in [0.2, 0.25) is 0 Å². The maximum Gasteiger partial charge on any atom is 0.330 e. The van der Waals surface area contributed by atoms with Crippen LogP contribution in [-0.4, -0.2) is 12.6 Å². The fraction of sp³-hybridized carbons (Fsp3) is 0.182. The van der Waals surface area contributed by atoms with Crippen LogP contribution in [0.5, 0.6) is 0 Å². The molecule has 0 N–H and O–H groups in total. The molecule has 0 aliphatic carbocycles. The van der Waals surface area contributed by atoms with Gasteiger partial charge < -0.3 is 4.74 Å². The van der Waals surface area contributed by atoms with Gasteiger partial charge in [0, 0.05) is 6.08 Å². The Morgan fingerprint density at radius 1 is 1.46 bits per heavy atom. The zero-order valence-electron chi connectivity index (χ0n) is 7.82. The third kappa shape index (κ3) is 5.67. The highest BCUT2D eigenvalue weighted by Crippen LogP contribution is 1.97. The Kier molecular flexibility index (Phi) is 6.24. The van der Waals surface area contributed by atoms with Crippen molar-refractivity contribution < 1.29 is 9.53 Å². The topological polar surface area (TPSA) is 26.3 Å². The summed E-state index contributed by atoms with van der Waals surface area (Å²) in [6, 6.07) is 0. The van der Waals surface area contributed by atoms with Gasteiger partial charge in [-0.1, -0.05) is 37.5 Å². The molecule has 13 heavy (non-hydrogen) atoms. The summed E-state index contributed by atoms with van der Waals surface area (Å²) in [5.41, 5.74) is 0.827. The van der Waals surface area contributed by atoms with Gasteiger partial charge in [0.05, 0.1) is 0 Å². The molecular weight excluding hydrogens is 164 g/mol. The van der Waals surface area contributed by atoms with Crippen molar-refractivity contribution in [1.82, 2.24) is 0 Å². The molecule has 0 spiro atoms. The van der Waals surface area contributed by atoms with Gasteiger partial charge >= 0.3 is 5.97 Å². The molecule has 0 rings (SSSR count). The summed E-state index contributed by atoms with van der Waals surface area (Å²) in [4.78, 5) is 10.9. The summed E-state index contributed by atoms with van der Waals surface area (Å²) < 4.78 is 4.87. The van der Waals surface area contributed by atoms with Crippen molar-refractivity contribution >= 4 is 5.97 Å². The molecule has 0 aliphatic rings. The average Bonchev–Trinajstić information content (AvgIpc) is 2.12. The molecule has 0 aromatic heterocycles. The first kappa shape index (κ1) is 11.4. The molecule has 0 amide bonds. The van der Waals surface area contributed by atoms with Crippen molar-refractivity contribution in [1.29, 1.82) is 0 Å². The van der Waals surface area contributed by atoms with Gasteiger partial charge in [-0.15, -0.1) is 0 Å². The lowest BCUT2D eigenvalue weighted by molar-refractivity contribution is -0.136. The second kappa shape index (κ2) is 7.10. The van der Waals surface area contributed by atoms with Gasteiger partial charge in [-0.25, -0.2) is 4.79 Å². The van der Waals surface area contributed by atoms with Crippen molar-refractivity contribution in [3.05, 3.63) is 49.1 Å². The minimum absolute atomic E-state index is 0.235. The Labute approximate surface area is 78.9 Å². The van der Waals surface area contributed by atoms with Crippen LogP contribution in [-0.2, 0) is 9.53 Å². The van der Waals surface area contributed by atoms with Crippen LogP contribution in [0.2, 0.25) is 0 Å². The van der Waals surface area contributed by atoms with E-state index < -0.39 is 0 Å². The SMILES string of the molecule is C=C/C=C(\C=C)COC(=O)/C=C/C. The van der Waals surface area contributed by atoms with Crippen LogP contribution >= 0.6 is 0 Å².